The number of benzene rings is 2. The zero-order chi connectivity index (χ0) is 23.5. The lowest BCUT2D eigenvalue weighted by atomic mass is 9.90. The Bertz CT molecular complexity index is 1130. The third-order valence-electron chi connectivity index (χ3n) is 6.45. The molecule has 0 saturated carbocycles. The molecule has 0 radical (unpaired) electrons. The van der Waals surface area contributed by atoms with Crippen molar-refractivity contribution in [1.29, 1.82) is 0 Å². The number of thiocarbonyl (C=S) groups is 1. The Morgan fingerprint density at radius 3 is 2.65 bits per heavy atom. The van der Waals surface area contributed by atoms with Crippen molar-refractivity contribution in [3.63, 3.8) is 0 Å². The van der Waals surface area contributed by atoms with Gasteiger partial charge in [0.15, 0.2) is 11.5 Å². The Kier molecular flexibility index (Phi) is 6.87. The molecule has 34 heavy (non-hydrogen) atoms. The lowest BCUT2D eigenvalue weighted by Crippen LogP contribution is -2.41. The number of nitrogens with zero attached hydrogens (tertiary/aromatic N) is 2. The normalized spacial score (nSPS) is 19.4. The molecule has 2 amide bonds. The van der Waals surface area contributed by atoms with Crippen molar-refractivity contribution >= 4 is 46.2 Å². The summed E-state index contributed by atoms with van der Waals surface area (Å²) in [6, 6.07) is 16.1. The number of hydrogen-bond donors (Lipinski definition) is 0. The van der Waals surface area contributed by atoms with Crippen LogP contribution in [0.4, 0.5) is 0 Å². The van der Waals surface area contributed by atoms with Crippen LogP contribution < -0.4 is 9.47 Å². The second-order valence-electron chi connectivity index (χ2n) is 8.71. The van der Waals surface area contributed by atoms with Gasteiger partial charge < -0.3 is 14.4 Å². The number of carbonyl (C=O) groups excluding carboxylic acids is 2. The lowest BCUT2D eigenvalue weighted by Gasteiger charge is -2.32. The SMILES string of the molecule is O=C(CCN1C(=O)/C(=C/c2ccc3c(c2)OCO3)SC1=S)N1CCC(Cc2ccccc2)CC1. The third-order valence-corrected chi connectivity index (χ3v) is 7.83. The van der Waals surface area contributed by atoms with E-state index < -0.39 is 0 Å². The van der Waals surface area contributed by atoms with Crippen molar-refractivity contribution in [2.45, 2.75) is 25.7 Å². The van der Waals surface area contributed by atoms with Gasteiger partial charge in [-0.25, -0.2) is 0 Å². The van der Waals surface area contributed by atoms with Gasteiger partial charge in [0, 0.05) is 26.1 Å². The van der Waals surface area contributed by atoms with Gasteiger partial charge in [-0.3, -0.25) is 14.5 Å². The molecule has 2 saturated heterocycles. The van der Waals surface area contributed by atoms with Gasteiger partial charge in [0.2, 0.25) is 12.7 Å². The van der Waals surface area contributed by atoms with E-state index >= 15 is 0 Å². The molecular weight excluding hydrogens is 468 g/mol. The molecule has 0 atom stereocenters. The summed E-state index contributed by atoms with van der Waals surface area (Å²) >= 11 is 6.70. The van der Waals surface area contributed by atoms with Gasteiger partial charge in [0.05, 0.1) is 4.91 Å². The van der Waals surface area contributed by atoms with Crippen molar-refractivity contribution in [3.05, 3.63) is 64.6 Å². The van der Waals surface area contributed by atoms with Crippen molar-refractivity contribution in [2.75, 3.05) is 26.4 Å². The highest BCUT2D eigenvalue weighted by atomic mass is 32.2. The minimum atomic E-state index is -0.151. The van der Waals surface area contributed by atoms with E-state index in [1.54, 1.807) is 11.0 Å². The van der Waals surface area contributed by atoms with Crippen LogP contribution in [0.1, 0.15) is 30.4 Å². The first kappa shape index (κ1) is 22.9. The van der Waals surface area contributed by atoms with E-state index in [1.807, 2.05) is 29.2 Å². The topological polar surface area (TPSA) is 59.1 Å². The van der Waals surface area contributed by atoms with E-state index in [0.29, 0.717) is 33.2 Å². The molecule has 0 N–H and O–H groups in total. The highest BCUT2D eigenvalue weighted by molar-refractivity contribution is 8.26. The van der Waals surface area contributed by atoms with Gasteiger partial charge in [-0.1, -0.05) is 60.4 Å². The number of likely N-dealkylation sites (tertiary alicyclic amines) is 1. The molecule has 2 fully saturated rings. The molecule has 3 aliphatic rings. The maximum Gasteiger partial charge on any atom is 0.266 e. The second kappa shape index (κ2) is 10.2. The fraction of sp³-hybridized carbons (Fsp3) is 0.346. The molecule has 8 heteroatoms. The smallest absolute Gasteiger partial charge is 0.266 e. The average Bonchev–Trinajstić information content (AvgIpc) is 3.42. The number of thioether (sulfide) groups is 1. The zero-order valence-electron chi connectivity index (χ0n) is 18.8. The number of hydrogen-bond acceptors (Lipinski definition) is 6. The van der Waals surface area contributed by atoms with E-state index in [0.717, 1.165) is 37.9 Å². The van der Waals surface area contributed by atoms with Crippen LogP contribution in [0.2, 0.25) is 0 Å². The molecular formula is C26H26N2O4S2. The Morgan fingerprint density at radius 1 is 1.09 bits per heavy atom. The fourth-order valence-corrected chi connectivity index (χ4v) is 5.86. The maximum absolute atomic E-state index is 12.9. The number of ether oxygens (including phenoxy) is 2. The number of piperidine rings is 1. The molecule has 2 aromatic rings. The summed E-state index contributed by atoms with van der Waals surface area (Å²) < 4.78 is 11.2. The molecule has 0 aromatic heterocycles. The summed E-state index contributed by atoms with van der Waals surface area (Å²) in [6.07, 6.45) is 5.18. The van der Waals surface area contributed by atoms with Gasteiger partial charge >= 0.3 is 0 Å². The number of amides is 2. The van der Waals surface area contributed by atoms with Crippen molar-refractivity contribution in [2.24, 2.45) is 5.92 Å². The van der Waals surface area contributed by atoms with E-state index in [1.165, 1.54) is 17.3 Å². The minimum Gasteiger partial charge on any atom is -0.454 e. The van der Waals surface area contributed by atoms with E-state index in [2.05, 4.69) is 24.3 Å². The maximum atomic E-state index is 12.9. The standard InChI is InChI=1S/C26H26N2O4S2/c29-24(27-11-8-19(9-12-27)14-18-4-2-1-3-5-18)10-13-28-25(30)23(34-26(28)33)16-20-6-7-21-22(15-20)32-17-31-21/h1-7,15-16,19H,8-14,17H2/b23-16-. The van der Waals surface area contributed by atoms with Crippen LogP contribution in [-0.4, -0.2) is 52.4 Å². The van der Waals surface area contributed by atoms with Crippen LogP contribution in [0.3, 0.4) is 0 Å². The molecule has 5 rings (SSSR count). The average molecular weight is 495 g/mol. The predicted octanol–water partition coefficient (Wildman–Crippen LogP) is 4.49. The number of carbonyl (C=O) groups is 2. The van der Waals surface area contributed by atoms with Gasteiger partial charge in [0.25, 0.3) is 5.91 Å². The first-order valence-electron chi connectivity index (χ1n) is 11.5. The highest BCUT2D eigenvalue weighted by Crippen LogP contribution is 2.36. The molecule has 0 bridgehead atoms. The third kappa shape index (κ3) is 5.13. The summed E-state index contributed by atoms with van der Waals surface area (Å²) in [5.74, 6) is 1.92. The highest BCUT2D eigenvalue weighted by Gasteiger charge is 2.33. The van der Waals surface area contributed by atoms with Gasteiger partial charge in [0.1, 0.15) is 4.32 Å². The molecule has 0 unspecified atom stereocenters. The van der Waals surface area contributed by atoms with Crippen LogP contribution in [0.15, 0.2) is 53.4 Å². The van der Waals surface area contributed by atoms with E-state index in [4.69, 9.17) is 21.7 Å². The van der Waals surface area contributed by atoms with Crippen molar-refractivity contribution in [3.8, 4) is 11.5 Å². The minimum absolute atomic E-state index is 0.0898. The zero-order valence-corrected chi connectivity index (χ0v) is 20.4. The summed E-state index contributed by atoms with van der Waals surface area (Å²) in [7, 11) is 0. The molecule has 2 aromatic carbocycles. The second-order valence-corrected chi connectivity index (χ2v) is 10.4. The van der Waals surface area contributed by atoms with E-state index in [-0.39, 0.29) is 25.0 Å². The Labute approximate surface area is 208 Å². The molecule has 3 heterocycles. The molecule has 0 spiro atoms. The van der Waals surface area contributed by atoms with E-state index in [9.17, 15) is 9.59 Å². The Morgan fingerprint density at radius 2 is 1.85 bits per heavy atom. The van der Waals surface area contributed by atoms with Crippen molar-refractivity contribution < 1.29 is 19.1 Å². The molecule has 3 aliphatic heterocycles. The van der Waals surface area contributed by atoms with Crippen LogP contribution >= 0.6 is 24.0 Å². The fourth-order valence-electron chi connectivity index (χ4n) is 4.55. The van der Waals surface area contributed by atoms with Gasteiger partial charge in [-0.15, -0.1) is 0 Å². The number of fused-ring (bicyclic) bond motifs is 1. The summed E-state index contributed by atoms with van der Waals surface area (Å²) in [4.78, 5) is 29.8. The first-order chi connectivity index (χ1) is 16.6. The van der Waals surface area contributed by atoms with Crippen LogP contribution in [-0.2, 0) is 16.0 Å². The van der Waals surface area contributed by atoms with Crippen LogP contribution in [0, 0.1) is 5.92 Å². The van der Waals surface area contributed by atoms with Gasteiger partial charge in [-0.2, -0.15) is 0 Å². The predicted molar refractivity (Wildman–Crippen MR) is 137 cm³/mol. The largest absolute Gasteiger partial charge is 0.454 e. The number of rotatable bonds is 6. The first-order valence-corrected chi connectivity index (χ1v) is 12.8. The lowest BCUT2D eigenvalue weighted by molar-refractivity contribution is -0.133. The van der Waals surface area contributed by atoms with Gasteiger partial charge in [-0.05, 0) is 54.5 Å². The summed E-state index contributed by atoms with van der Waals surface area (Å²) in [5.41, 5.74) is 2.20. The summed E-state index contributed by atoms with van der Waals surface area (Å²) in [5, 5.41) is 0. The van der Waals surface area contributed by atoms with Crippen LogP contribution in [0.5, 0.6) is 11.5 Å². The Balaban J connectivity index is 1.12. The quantitative estimate of drug-likeness (QED) is 0.436. The summed E-state index contributed by atoms with van der Waals surface area (Å²) in [6.45, 7) is 2.07. The van der Waals surface area contributed by atoms with Crippen LogP contribution in [0.25, 0.3) is 6.08 Å². The monoisotopic (exact) mass is 494 g/mol. The molecule has 176 valence electrons. The van der Waals surface area contributed by atoms with Crippen molar-refractivity contribution in [1.82, 2.24) is 9.80 Å². The molecule has 0 aliphatic carbocycles. The molecule has 6 nitrogen and oxygen atoms in total. The Hall–Kier alpha value is -2.84.